The lowest BCUT2D eigenvalue weighted by Crippen LogP contribution is -2.15. The predicted octanol–water partition coefficient (Wildman–Crippen LogP) is 3.78. The zero-order valence-electron chi connectivity index (χ0n) is 14.4. The van der Waals surface area contributed by atoms with Gasteiger partial charge >= 0.3 is 5.69 Å². The average Bonchev–Trinajstić information content (AvgIpc) is 2.69. The van der Waals surface area contributed by atoms with Crippen LogP contribution in [0.2, 0.25) is 0 Å². The number of benzene rings is 2. The second kappa shape index (κ2) is 7.35. The first-order valence-corrected chi connectivity index (χ1v) is 8.29. The van der Waals surface area contributed by atoms with Crippen molar-refractivity contribution < 1.29 is 18.8 Å². The zero-order chi connectivity index (χ0) is 19.5. The molecule has 9 nitrogen and oxygen atoms in total. The Kier molecular flexibility index (Phi) is 4.58. The van der Waals surface area contributed by atoms with Gasteiger partial charge in [0.2, 0.25) is 11.6 Å². The van der Waals surface area contributed by atoms with Crippen LogP contribution in [0.4, 0.5) is 33.1 Å². The number of nitro groups is 1. The molecule has 4 rings (SSSR count). The van der Waals surface area contributed by atoms with E-state index in [4.69, 9.17) is 9.47 Å². The van der Waals surface area contributed by atoms with Gasteiger partial charge in [0.25, 0.3) is 0 Å². The summed E-state index contributed by atoms with van der Waals surface area (Å²) in [6.07, 6.45) is 1.19. The van der Waals surface area contributed by atoms with Crippen LogP contribution in [0.15, 0.2) is 48.8 Å². The fourth-order valence-electron chi connectivity index (χ4n) is 2.66. The van der Waals surface area contributed by atoms with Gasteiger partial charge in [-0.05, 0) is 36.4 Å². The molecule has 2 N–H and O–H groups in total. The summed E-state index contributed by atoms with van der Waals surface area (Å²) in [6.45, 7) is 0.894. The third-order valence-corrected chi connectivity index (χ3v) is 3.92. The van der Waals surface area contributed by atoms with E-state index in [0.29, 0.717) is 36.1 Å². The van der Waals surface area contributed by atoms with Crippen molar-refractivity contribution in [2.75, 3.05) is 23.8 Å². The van der Waals surface area contributed by atoms with E-state index in [-0.39, 0.29) is 17.3 Å². The van der Waals surface area contributed by atoms with Crippen LogP contribution in [0.5, 0.6) is 11.5 Å². The number of fused-ring (bicyclic) bond motifs is 1. The van der Waals surface area contributed by atoms with Gasteiger partial charge in [-0.15, -0.1) is 0 Å². The van der Waals surface area contributed by atoms with Crippen molar-refractivity contribution in [2.45, 2.75) is 0 Å². The number of ether oxygens (including phenoxy) is 2. The minimum absolute atomic E-state index is 0.00119. The Labute approximate surface area is 158 Å². The van der Waals surface area contributed by atoms with Gasteiger partial charge in [0.05, 0.1) is 4.92 Å². The van der Waals surface area contributed by atoms with E-state index in [2.05, 4.69) is 20.6 Å². The smallest absolute Gasteiger partial charge is 0.353 e. The SMILES string of the molecule is O=[N+]([O-])c1c(Nc2ccc(F)cc2)ncnc1Nc1ccc2c(c1)OCCO2. The Bertz CT molecular complexity index is 1030. The molecule has 0 saturated carbocycles. The number of aromatic nitrogens is 2. The van der Waals surface area contributed by atoms with E-state index < -0.39 is 10.7 Å². The summed E-state index contributed by atoms with van der Waals surface area (Å²) in [5, 5.41) is 17.4. The van der Waals surface area contributed by atoms with Crippen molar-refractivity contribution in [3.8, 4) is 11.5 Å². The number of halogens is 1. The second-order valence-corrected chi connectivity index (χ2v) is 5.79. The molecule has 3 aromatic rings. The third-order valence-electron chi connectivity index (χ3n) is 3.92. The summed E-state index contributed by atoms with van der Waals surface area (Å²) >= 11 is 0. The highest BCUT2D eigenvalue weighted by Gasteiger charge is 2.24. The predicted molar refractivity (Wildman–Crippen MR) is 99.1 cm³/mol. The maximum Gasteiger partial charge on any atom is 0.353 e. The molecule has 0 bridgehead atoms. The number of hydrogen-bond donors (Lipinski definition) is 2. The van der Waals surface area contributed by atoms with Crippen LogP contribution in [-0.4, -0.2) is 28.1 Å². The standard InChI is InChI=1S/C18H14FN5O4/c19-11-1-3-12(4-2-11)22-17-16(24(25)26)18(21-10-20-17)23-13-5-6-14-15(9-13)28-8-7-27-14/h1-6,9-10H,7-8H2,(H2,20,21,22,23). The number of anilines is 4. The van der Waals surface area contributed by atoms with Gasteiger partial charge in [-0.2, -0.15) is 0 Å². The van der Waals surface area contributed by atoms with Crippen LogP contribution in [0.3, 0.4) is 0 Å². The molecule has 28 heavy (non-hydrogen) atoms. The van der Waals surface area contributed by atoms with Crippen LogP contribution < -0.4 is 20.1 Å². The summed E-state index contributed by atoms with van der Waals surface area (Å²) in [5.74, 6) is 0.710. The molecule has 1 aromatic heterocycles. The third kappa shape index (κ3) is 3.61. The van der Waals surface area contributed by atoms with E-state index in [9.17, 15) is 14.5 Å². The Morgan fingerprint density at radius 2 is 1.54 bits per heavy atom. The molecule has 10 heteroatoms. The first-order chi connectivity index (χ1) is 13.6. The van der Waals surface area contributed by atoms with E-state index in [0.717, 1.165) is 0 Å². The van der Waals surface area contributed by atoms with Gasteiger partial charge in [-0.3, -0.25) is 10.1 Å². The molecule has 1 aliphatic rings. The molecular weight excluding hydrogens is 369 g/mol. The minimum Gasteiger partial charge on any atom is -0.486 e. The number of hydrogen-bond acceptors (Lipinski definition) is 8. The molecule has 2 aromatic carbocycles. The number of rotatable bonds is 5. The first kappa shape index (κ1) is 17.5. The van der Waals surface area contributed by atoms with Crippen molar-refractivity contribution in [1.29, 1.82) is 0 Å². The molecule has 142 valence electrons. The van der Waals surface area contributed by atoms with Crippen molar-refractivity contribution in [2.24, 2.45) is 0 Å². The molecule has 0 aliphatic carbocycles. The Morgan fingerprint density at radius 1 is 0.929 bits per heavy atom. The van der Waals surface area contributed by atoms with E-state index in [1.165, 1.54) is 30.6 Å². The Morgan fingerprint density at radius 3 is 2.21 bits per heavy atom. The minimum atomic E-state index is -0.591. The van der Waals surface area contributed by atoms with Crippen LogP contribution in [0, 0.1) is 15.9 Å². The highest BCUT2D eigenvalue weighted by atomic mass is 19.1. The van der Waals surface area contributed by atoms with Crippen molar-refractivity contribution >= 4 is 28.7 Å². The quantitative estimate of drug-likeness (QED) is 0.506. The molecule has 0 amide bonds. The maximum atomic E-state index is 13.1. The molecule has 1 aliphatic heterocycles. The summed E-state index contributed by atoms with van der Waals surface area (Å²) in [6, 6.07) is 10.5. The zero-order valence-corrected chi connectivity index (χ0v) is 14.4. The fourth-order valence-corrected chi connectivity index (χ4v) is 2.66. The van der Waals surface area contributed by atoms with Crippen LogP contribution in [0.1, 0.15) is 0 Å². The molecular formula is C18H14FN5O4. The van der Waals surface area contributed by atoms with E-state index >= 15 is 0 Å². The van der Waals surface area contributed by atoms with Gasteiger partial charge in [0.15, 0.2) is 11.5 Å². The van der Waals surface area contributed by atoms with Crippen molar-refractivity contribution in [1.82, 2.24) is 9.97 Å². The number of nitrogens with zero attached hydrogens (tertiary/aromatic N) is 3. The van der Waals surface area contributed by atoms with Crippen molar-refractivity contribution in [3.05, 3.63) is 64.7 Å². The average molecular weight is 383 g/mol. The van der Waals surface area contributed by atoms with Crippen LogP contribution >= 0.6 is 0 Å². The molecule has 0 spiro atoms. The fraction of sp³-hybridized carbons (Fsp3) is 0.111. The largest absolute Gasteiger partial charge is 0.486 e. The first-order valence-electron chi connectivity index (χ1n) is 8.29. The summed E-state index contributed by atoms with van der Waals surface area (Å²) in [4.78, 5) is 19.0. The van der Waals surface area contributed by atoms with Gasteiger partial charge in [-0.1, -0.05) is 0 Å². The molecule has 0 radical (unpaired) electrons. The lowest BCUT2D eigenvalue weighted by molar-refractivity contribution is -0.383. The molecule has 2 heterocycles. The van der Waals surface area contributed by atoms with Gasteiger partial charge in [0.1, 0.15) is 25.4 Å². The second-order valence-electron chi connectivity index (χ2n) is 5.79. The summed E-state index contributed by atoms with van der Waals surface area (Å²) in [5.41, 5.74) is 0.647. The normalized spacial score (nSPS) is 12.3. The summed E-state index contributed by atoms with van der Waals surface area (Å²) in [7, 11) is 0. The lowest BCUT2D eigenvalue weighted by Gasteiger charge is -2.19. The Balaban J connectivity index is 1.65. The van der Waals surface area contributed by atoms with Crippen molar-refractivity contribution in [3.63, 3.8) is 0 Å². The van der Waals surface area contributed by atoms with E-state index in [1.807, 2.05) is 0 Å². The monoisotopic (exact) mass is 383 g/mol. The lowest BCUT2D eigenvalue weighted by atomic mass is 10.2. The van der Waals surface area contributed by atoms with Gasteiger partial charge in [0, 0.05) is 17.4 Å². The maximum absolute atomic E-state index is 13.1. The topological polar surface area (TPSA) is 111 Å². The number of nitrogens with one attached hydrogen (secondary N) is 2. The highest BCUT2D eigenvalue weighted by Crippen LogP contribution is 2.36. The molecule has 0 fully saturated rings. The highest BCUT2D eigenvalue weighted by molar-refractivity contribution is 5.77. The van der Waals surface area contributed by atoms with Gasteiger partial charge in [-0.25, -0.2) is 14.4 Å². The van der Waals surface area contributed by atoms with E-state index in [1.54, 1.807) is 18.2 Å². The van der Waals surface area contributed by atoms with Gasteiger partial charge < -0.3 is 20.1 Å². The molecule has 0 unspecified atom stereocenters. The molecule has 0 saturated heterocycles. The van der Waals surface area contributed by atoms with Crippen LogP contribution in [-0.2, 0) is 0 Å². The summed E-state index contributed by atoms with van der Waals surface area (Å²) < 4.78 is 24.0. The van der Waals surface area contributed by atoms with Crippen LogP contribution in [0.25, 0.3) is 0 Å². The molecule has 0 atom stereocenters. The Hall–Kier alpha value is -3.95.